The lowest BCUT2D eigenvalue weighted by atomic mass is 10.2. The summed E-state index contributed by atoms with van der Waals surface area (Å²) in [6.07, 6.45) is 2.40. The summed E-state index contributed by atoms with van der Waals surface area (Å²) < 4.78 is 5.35. The van der Waals surface area contributed by atoms with Crippen molar-refractivity contribution in [1.29, 1.82) is 0 Å². The highest BCUT2D eigenvalue weighted by atomic mass is 32.1. The topological polar surface area (TPSA) is 73.1 Å². The van der Waals surface area contributed by atoms with E-state index in [1.807, 2.05) is 6.92 Å². The van der Waals surface area contributed by atoms with Crippen LogP contribution in [0.25, 0.3) is 0 Å². The van der Waals surface area contributed by atoms with Crippen molar-refractivity contribution in [3.8, 4) is 5.88 Å². The molecule has 19 heavy (non-hydrogen) atoms. The van der Waals surface area contributed by atoms with E-state index in [4.69, 9.17) is 10.5 Å². The SMILES string of the molecule is CCOc1ncnc(NC(C)Cc2cccs2)c1N. The van der Waals surface area contributed by atoms with Gasteiger partial charge in [0.1, 0.15) is 12.0 Å². The summed E-state index contributed by atoms with van der Waals surface area (Å²) in [5.41, 5.74) is 6.44. The van der Waals surface area contributed by atoms with Gasteiger partial charge in [-0.15, -0.1) is 11.3 Å². The Labute approximate surface area is 116 Å². The van der Waals surface area contributed by atoms with Crippen molar-refractivity contribution >= 4 is 22.8 Å². The zero-order valence-electron chi connectivity index (χ0n) is 11.1. The summed E-state index contributed by atoms with van der Waals surface area (Å²) in [4.78, 5) is 9.51. The Bertz CT molecular complexity index is 515. The zero-order chi connectivity index (χ0) is 13.7. The third-order valence-corrected chi connectivity index (χ3v) is 3.50. The lowest BCUT2D eigenvalue weighted by molar-refractivity contribution is 0.328. The highest BCUT2D eigenvalue weighted by molar-refractivity contribution is 7.09. The van der Waals surface area contributed by atoms with E-state index in [1.165, 1.54) is 11.2 Å². The van der Waals surface area contributed by atoms with Crippen LogP contribution in [0.5, 0.6) is 5.88 Å². The Hall–Kier alpha value is -1.82. The molecule has 0 aromatic carbocycles. The molecule has 1 unspecified atom stereocenters. The summed E-state index contributed by atoms with van der Waals surface area (Å²) in [6.45, 7) is 4.53. The molecule has 2 aromatic heterocycles. The van der Waals surface area contributed by atoms with E-state index >= 15 is 0 Å². The fourth-order valence-electron chi connectivity index (χ4n) is 1.76. The summed E-state index contributed by atoms with van der Waals surface area (Å²) in [7, 11) is 0. The number of rotatable bonds is 6. The first-order valence-electron chi connectivity index (χ1n) is 6.23. The number of aromatic nitrogens is 2. The number of hydrogen-bond acceptors (Lipinski definition) is 6. The highest BCUT2D eigenvalue weighted by Crippen LogP contribution is 2.25. The quantitative estimate of drug-likeness (QED) is 0.849. The Morgan fingerprint density at radius 2 is 2.32 bits per heavy atom. The van der Waals surface area contributed by atoms with Crippen molar-refractivity contribution in [1.82, 2.24) is 9.97 Å². The molecule has 0 spiro atoms. The van der Waals surface area contributed by atoms with Gasteiger partial charge in [0.25, 0.3) is 0 Å². The van der Waals surface area contributed by atoms with Crippen LogP contribution in [0, 0.1) is 0 Å². The molecule has 1 atom stereocenters. The van der Waals surface area contributed by atoms with Gasteiger partial charge in [-0.25, -0.2) is 4.98 Å². The van der Waals surface area contributed by atoms with Crippen molar-refractivity contribution < 1.29 is 4.74 Å². The molecule has 2 rings (SSSR count). The van der Waals surface area contributed by atoms with E-state index in [0.717, 1.165) is 6.42 Å². The van der Waals surface area contributed by atoms with Crippen LogP contribution < -0.4 is 15.8 Å². The maximum absolute atomic E-state index is 5.98. The van der Waals surface area contributed by atoms with Crippen molar-refractivity contribution in [2.75, 3.05) is 17.7 Å². The maximum atomic E-state index is 5.98. The average Bonchev–Trinajstić information content (AvgIpc) is 2.87. The smallest absolute Gasteiger partial charge is 0.242 e. The number of thiophene rings is 1. The molecule has 0 bridgehead atoms. The van der Waals surface area contributed by atoms with Gasteiger partial charge in [0.05, 0.1) is 6.61 Å². The molecule has 0 aliphatic carbocycles. The van der Waals surface area contributed by atoms with E-state index in [0.29, 0.717) is 24.0 Å². The number of nitrogens with zero attached hydrogens (tertiary/aromatic N) is 2. The van der Waals surface area contributed by atoms with E-state index in [9.17, 15) is 0 Å². The number of hydrogen-bond donors (Lipinski definition) is 2. The summed E-state index contributed by atoms with van der Waals surface area (Å²) in [5.74, 6) is 1.06. The first-order valence-corrected chi connectivity index (χ1v) is 7.10. The molecule has 0 amide bonds. The molecular formula is C13H18N4OS. The van der Waals surface area contributed by atoms with E-state index in [1.54, 1.807) is 11.3 Å². The molecule has 3 N–H and O–H groups in total. The fraction of sp³-hybridized carbons (Fsp3) is 0.385. The molecule has 0 radical (unpaired) electrons. The number of nitrogens with two attached hydrogens (primary N) is 1. The van der Waals surface area contributed by atoms with Crippen LogP contribution in [0.1, 0.15) is 18.7 Å². The molecule has 2 aromatic rings. The Morgan fingerprint density at radius 1 is 1.47 bits per heavy atom. The molecule has 102 valence electrons. The lowest BCUT2D eigenvalue weighted by Crippen LogP contribution is -2.19. The van der Waals surface area contributed by atoms with Gasteiger partial charge in [0.2, 0.25) is 5.88 Å². The summed E-state index contributed by atoms with van der Waals surface area (Å²) in [6, 6.07) is 4.42. The van der Waals surface area contributed by atoms with E-state index in [2.05, 4.69) is 39.7 Å². The molecule has 0 aliphatic rings. The predicted octanol–water partition coefficient (Wildman–Crippen LogP) is 2.56. The van der Waals surface area contributed by atoms with Crippen molar-refractivity contribution in [3.63, 3.8) is 0 Å². The Balaban J connectivity index is 2.04. The third-order valence-electron chi connectivity index (χ3n) is 2.60. The first-order chi connectivity index (χ1) is 9.20. The van der Waals surface area contributed by atoms with Crippen LogP contribution in [0.15, 0.2) is 23.8 Å². The molecule has 0 fully saturated rings. The van der Waals surface area contributed by atoms with Crippen LogP contribution in [0.2, 0.25) is 0 Å². The van der Waals surface area contributed by atoms with Gasteiger partial charge in [-0.1, -0.05) is 6.07 Å². The molecule has 0 saturated carbocycles. The largest absolute Gasteiger partial charge is 0.476 e. The number of nitrogens with one attached hydrogen (secondary N) is 1. The standard InChI is InChI=1S/C13H18N4OS/c1-3-18-13-11(14)12(15-8-16-13)17-9(2)7-10-5-4-6-19-10/h4-6,8-9H,3,7,14H2,1-2H3,(H,15,16,17). The van der Waals surface area contributed by atoms with Gasteiger partial charge in [-0.05, 0) is 25.3 Å². The van der Waals surface area contributed by atoms with Gasteiger partial charge in [-0.2, -0.15) is 4.98 Å². The van der Waals surface area contributed by atoms with Crippen molar-refractivity contribution in [2.45, 2.75) is 26.3 Å². The minimum Gasteiger partial charge on any atom is -0.476 e. The van der Waals surface area contributed by atoms with Gasteiger partial charge >= 0.3 is 0 Å². The second-order valence-electron chi connectivity index (χ2n) is 4.20. The number of nitrogen functional groups attached to an aromatic ring is 1. The summed E-state index contributed by atoms with van der Waals surface area (Å²) >= 11 is 1.75. The Morgan fingerprint density at radius 3 is 3.00 bits per heavy atom. The molecule has 2 heterocycles. The minimum absolute atomic E-state index is 0.241. The number of anilines is 2. The third kappa shape index (κ3) is 3.57. The number of ether oxygens (including phenoxy) is 1. The molecule has 6 heteroatoms. The maximum Gasteiger partial charge on any atom is 0.242 e. The zero-order valence-corrected chi connectivity index (χ0v) is 11.9. The van der Waals surface area contributed by atoms with Crippen LogP contribution in [-0.4, -0.2) is 22.6 Å². The average molecular weight is 278 g/mol. The molecule has 5 nitrogen and oxygen atoms in total. The fourth-order valence-corrected chi connectivity index (χ4v) is 2.60. The molecule has 0 aliphatic heterocycles. The van der Waals surface area contributed by atoms with Gasteiger partial charge in [-0.3, -0.25) is 0 Å². The highest BCUT2D eigenvalue weighted by Gasteiger charge is 2.12. The molecule has 0 saturated heterocycles. The van der Waals surface area contributed by atoms with Gasteiger partial charge < -0.3 is 15.8 Å². The Kier molecular flexibility index (Phi) is 4.57. The van der Waals surface area contributed by atoms with Gasteiger partial charge in [0, 0.05) is 17.3 Å². The van der Waals surface area contributed by atoms with Crippen molar-refractivity contribution in [3.05, 3.63) is 28.7 Å². The second-order valence-corrected chi connectivity index (χ2v) is 5.24. The monoisotopic (exact) mass is 278 g/mol. The lowest BCUT2D eigenvalue weighted by Gasteiger charge is -2.16. The van der Waals surface area contributed by atoms with Crippen LogP contribution >= 0.6 is 11.3 Å². The van der Waals surface area contributed by atoms with Gasteiger partial charge in [0.15, 0.2) is 5.82 Å². The van der Waals surface area contributed by atoms with Crippen molar-refractivity contribution in [2.24, 2.45) is 0 Å². The van der Waals surface area contributed by atoms with E-state index < -0.39 is 0 Å². The van der Waals surface area contributed by atoms with E-state index in [-0.39, 0.29) is 6.04 Å². The van der Waals surface area contributed by atoms with Crippen LogP contribution in [0.3, 0.4) is 0 Å². The predicted molar refractivity (Wildman–Crippen MR) is 78.7 cm³/mol. The summed E-state index contributed by atoms with van der Waals surface area (Å²) in [5, 5.41) is 5.38. The van der Waals surface area contributed by atoms with Crippen LogP contribution in [-0.2, 0) is 6.42 Å². The first kappa shape index (κ1) is 13.6. The second kappa shape index (κ2) is 6.38. The molecular weight excluding hydrogens is 260 g/mol. The normalized spacial score (nSPS) is 12.1. The minimum atomic E-state index is 0.241. The van der Waals surface area contributed by atoms with Crippen LogP contribution in [0.4, 0.5) is 11.5 Å².